The molecule has 0 aliphatic rings. The number of aromatic nitrogens is 3. The first-order valence-corrected chi connectivity index (χ1v) is 8.64. The van der Waals surface area contributed by atoms with E-state index in [1.807, 2.05) is 0 Å². The van der Waals surface area contributed by atoms with Gasteiger partial charge < -0.3 is 20.2 Å². The molecule has 2 aromatic carbocycles. The fourth-order valence-corrected chi connectivity index (χ4v) is 2.96. The summed E-state index contributed by atoms with van der Waals surface area (Å²) in [5, 5.41) is 12.3. The van der Waals surface area contributed by atoms with Crippen molar-refractivity contribution in [2.24, 2.45) is 5.73 Å². The van der Waals surface area contributed by atoms with Gasteiger partial charge >= 0.3 is 0 Å². The number of carbonyl (C=O) groups is 1. The number of hydrogen-bond donors (Lipinski definition) is 2. The van der Waals surface area contributed by atoms with E-state index in [1.54, 1.807) is 30.3 Å². The van der Waals surface area contributed by atoms with Crippen molar-refractivity contribution in [3.8, 4) is 17.5 Å². The van der Waals surface area contributed by atoms with E-state index in [0.717, 1.165) is 5.56 Å². The predicted octanol–water partition coefficient (Wildman–Crippen LogP) is 3.14. The average molecular weight is 393 g/mol. The molecule has 1 amide bonds. The van der Waals surface area contributed by atoms with Gasteiger partial charge in [0.2, 0.25) is 11.7 Å². The number of nitrogens with two attached hydrogens (primary N) is 1. The number of benzene rings is 2. The fourth-order valence-electron chi connectivity index (χ4n) is 2.96. The number of anilines is 1. The second-order valence-corrected chi connectivity index (χ2v) is 6.17. The van der Waals surface area contributed by atoms with Gasteiger partial charge in [-0.1, -0.05) is 24.3 Å². The van der Waals surface area contributed by atoms with Crippen LogP contribution in [0, 0.1) is 5.82 Å². The van der Waals surface area contributed by atoms with E-state index in [9.17, 15) is 9.18 Å². The molecule has 0 unspecified atom stereocenters. The predicted molar refractivity (Wildman–Crippen MR) is 104 cm³/mol. The van der Waals surface area contributed by atoms with E-state index in [-0.39, 0.29) is 17.5 Å². The normalized spacial score (nSPS) is 10.8. The highest BCUT2D eigenvalue weighted by molar-refractivity contribution is 6.08. The summed E-state index contributed by atoms with van der Waals surface area (Å²) in [5.41, 5.74) is 6.48. The van der Waals surface area contributed by atoms with Crippen molar-refractivity contribution in [1.82, 2.24) is 15.2 Å². The molecule has 8 nitrogen and oxygen atoms in total. The van der Waals surface area contributed by atoms with Crippen LogP contribution >= 0.6 is 0 Å². The van der Waals surface area contributed by atoms with Crippen molar-refractivity contribution in [1.29, 1.82) is 0 Å². The number of nitrogens with zero attached hydrogens (tertiary/aromatic N) is 3. The summed E-state index contributed by atoms with van der Waals surface area (Å²) in [6.45, 7) is 0.303. The van der Waals surface area contributed by atoms with Gasteiger partial charge in [0.25, 0.3) is 5.88 Å². The second-order valence-electron chi connectivity index (χ2n) is 6.17. The smallest absolute Gasteiger partial charge is 0.276 e. The van der Waals surface area contributed by atoms with Gasteiger partial charge in [0.1, 0.15) is 12.1 Å². The first-order valence-electron chi connectivity index (χ1n) is 8.64. The lowest BCUT2D eigenvalue weighted by Gasteiger charge is -2.09. The van der Waals surface area contributed by atoms with Gasteiger partial charge in [-0.25, -0.2) is 9.37 Å². The Balaban J connectivity index is 1.70. The molecule has 0 aliphatic carbocycles. The number of hydrogen-bond acceptors (Lipinski definition) is 7. The first-order chi connectivity index (χ1) is 14.1. The van der Waals surface area contributed by atoms with Crippen molar-refractivity contribution < 1.29 is 18.3 Å². The van der Waals surface area contributed by atoms with Crippen LogP contribution in [0.15, 0.2) is 53.1 Å². The van der Waals surface area contributed by atoms with Crippen molar-refractivity contribution in [3.05, 3.63) is 65.7 Å². The minimum Gasteiger partial charge on any atom is -0.477 e. The molecule has 2 heterocycles. The number of amides is 1. The fraction of sp³-hybridized carbons (Fsp3) is 0.100. The van der Waals surface area contributed by atoms with E-state index in [1.165, 1.54) is 25.5 Å². The number of nitrogens with one attached hydrogen (secondary N) is 1. The zero-order valence-electron chi connectivity index (χ0n) is 15.3. The van der Waals surface area contributed by atoms with Crippen LogP contribution in [0.5, 0.6) is 5.88 Å². The Morgan fingerprint density at radius 2 is 2.03 bits per heavy atom. The summed E-state index contributed by atoms with van der Waals surface area (Å²) >= 11 is 0. The summed E-state index contributed by atoms with van der Waals surface area (Å²) in [6.07, 6.45) is 1.43. The lowest BCUT2D eigenvalue weighted by Crippen LogP contribution is -2.10. The van der Waals surface area contributed by atoms with E-state index in [0.29, 0.717) is 34.5 Å². The average Bonchev–Trinajstić information content (AvgIpc) is 3.16. The number of primary amides is 1. The molecule has 2 aromatic heterocycles. The largest absolute Gasteiger partial charge is 0.477 e. The molecular weight excluding hydrogens is 377 g/mol. The van der Waals surface area contributed by atoms with Gasteiger partial charge in [0.15, 0.2) is 11.6 Å². The summed E-state index contributed by atoms with van der Waals surface area (Å²) in [7, 11) is 1.44. The molecule has 29 heavy (non-hydrogen) atoms. The molecule has 4 aromatic rings. The number of fused-ring (bicyclic) bond motifs is 1. The molecular formula is C20H16FN5O3. The third kappa shape index (κ3) is 3.57. The Hall–Kier alpha value is -4.01. The quantitative estimate of drug-likeness (QED) is 0.517. The summed E-state index contributed by atoms with van der Waals surface area (Å²) in [4.78, 5) is 16.1. The molecule has 146 valence electrons. The molecule has 0 saturated carbocycles. The Morgan fingerprint density at radius 1 is 1.21 bits per heavy atom. The summed E-state index contributed by atoms with van der Waals surface area (Å²) in [5.74, 6) is 0.145. The van der Waals surface area contributed by atoms with Crippen LogP contribution in [0.25, 0.3) is 22.4 Å². The maximum absolute atomic E-state index is 13.4. The lowest BCUT2D eigenvalue weighted by molar-refractivity contribution is 0.100. The molecule has 0 saturated heterocycles. The number of ether oxygens (including phenoxy) is 1. The third-order valence-electron chi connectivity index (χ3n) is 4.31. The van der Waals surface area contributed by atoms with Crippen molar-refractivity contribution >= 4 is 22.5 Å². The van der Waals surface area contributed by atoms with E-state index < -0.39 is 5.91 Å². The minimum atomic E-state index is -0.561. The molecule has 4 rings (SSSR count). The van der Waals surface area contributed by atoms with E-state index in [2.05, 4.69) is 20.5 Å². The Kier molecular flexibility index (Phi) is 4.78. The molecule has 0 bridgehead atoms. The second kappa shape index (κ2) is 7.55. The third-order valence-corrected chi connectivity index (χ3v) is 4.31. The van der Waals surface area contributed by atoms with Crippen LogP contribution in [-0.2, 0) is 6.54 Å². The number of furan rings is 1. The van der Waals surface area contributed by atoms with Gasteiger partial charge in [0, 0.05) is 17.3 Å². The SMILES string of the molecule is COc1nnc(-c2occ3c(C(N)=O)cccc23)nc1NCc1cccc(F)c1. The molecule has 0 fully saturated rings. The van der Waals surface area contributed by atoms with E-state index >= 15 is 0 Å². The van der Waals surface area contributed by atoms with Crippen LogP contribution in [0.3, 0.4) is 0 Å². The van der Waals surface area contributed by atoms with Crippen LogP contribution in [0.4, 0.5) is 10.2 Å². The first kappa shape index (κ1) is 18.4. The molecule has 0 radical (unpaired) electrons. The highest BCUT2D eigenvalue weighted by Crippen LogP contribution is 2.32. The van der Waals surface area contributed by atoms with Gasteiger partial charge in [-0.2, -0.15) is 0 Å². The van der Waals surface area contributed by atoms with Gasteiger partial charge in [-0.15, -0.1) is 10.2 Å². The molecule has 0 aliphatic heterocycles. The monoisotopic (exact) mass is 393 g/mol. The number of methoxy groups -OCH3 is 1. The standard InChI is InChI=1S/C20H16FN5O3/c1-28-20-19(23-9-11-4-2-5-12(21)8-11)24-18(25-26-20)16-13-6-3-7-14(17(22)27)15(13)10-29-16/h2-8,10H,9H2,1H3,(H2,22,27)(H,23,24,25). The van der Waals surface area contributed by atoms with Crippen molar-refractivity contribution in [2.45, 2.75) is 6.54 Å². The zero-order chi connectivity index (χ0) is 20.4. The Bertz CT molecular complexity index is 1210. The van der Waals surface area contributed by atoms with Gasteiger partial charge in [-0.3, -0.25) is 4.79 Å². The number of halogens is 1. The van der Waals surface area contributed by atoms with Crippen LogP contribution in [-0.4, -0.2) is 28.2 Å². The lowest BCUT2D eigenvalue weighted by atomic mass is 10.1. The highest BCUT2D eigenvalue weighted by Gasteiger charge is 2.18. The van der Waals surface area contributed by atoms with Crippen molar-refractivity contribution in [2.75, 3.05) is 12.4 Å². The Labute approximate surface area is 164 Å². The zero-order valence-corrected chi connectivity index (χ0v) is 15.3. The van der Waals surface area contributed by atoms with Crippen LogP contribution < -0.4 is 15.8 Å². The maximum Gasteiger partial charge on any atom is 0.276 e. The van der Waals surface area contributed by atoms with Gasteiger partial charge in [0.05, 0.1) is 12.7 Å². The van der Waals surface area contributed by atoms with Crippen molar-refractivity contribution in [3.63, 3.8) is 0 Å². The van der Waals surface area contributed by atoms with E-state index in [4.69, 9.17) is 14.9 Å². The number of rotatable bonds is 6. The van der Waals surface area contributed by atoms with Gasteiger partial charge in [-0.05, 0) is 23.8 Å². The molecule has 3 N–H and O–H groups in total. The molecule has 0 spiro atoms. The topological polar surface area (TPSA) is 116 Å². The van der Waals surface area contributed by atoms with Crippen LogP contribution in [0.2, 0.25) is 0 Å². The van der Waals surface area contributed by atoms with Crippen LogP contribution in [0.1, 0.15) is 15.9 Å². The molecule has 0 atom stereocenters. The number of carbonyl (C=O) groups excluding carboxylic acids is 1. The Morgan fingerprint density at radius 3 is 2.79 bits per heavy atom. The summed E-state index contributed by atoms with van der Waals surface area (Å²) in [6, 6.07) is 11.3. The summed E-state index contributed by atoms with van der Waals surface area (Å²) < 4.78 is 24.2. The maximum atomic E-state index is 13.4. The highest BCUT2D eigenvalue weighted by atomic mass is 19.1. The minimum absolute atomic E-state index is 0.179. The molecule has 9 heteroatoms.